The third kappa shape index (κ3) is 5.80. The minimum atomic E-state index is -0.651. The van der Waals surface area contributed by atoms with Crippen molar-refractivity contribution in [2.75, 3.05) is 13.6 Å². The van der Waals surface area contributed by atoms with E-state index < -0.39 is 11.8 Å². The normalized spacial score (nSPS) is 32.7. The Balaban J connectivity index is 1.61. The summed E-state index contributed by atoms with van der Waals surface area (Å²) < 4.78 is 0. The Labute approximate surface area is 182 Å². The largest absolute Gasteiger partial charge is 0.371 e. The van der Waals surface area contributed by atoms with Gasteiger partial charge in [0.25, 0.3) is 0 Å². The summed E-state index contributed by atoms with van der Waals surface area (Å²) in [5.74, 6) is 1.66. The molecule has 0 bridgehead atoms. The van der Waals surface area contributed by atoms with Gasteiger partial charge in [-0.2, -0.15) is 0 Å². The standard InChI is InChI=1S/C23H43N5O2/c1-3-14-25-22(30)26-19-11-7-10-18(15-19)16-23(20(29)28(2)21(24)27-23)13-12-17-8-5-4-6-9-17/h17-20,29H,3-16H2,1-2H3,(H2,24,27)(H2,25,26,30)/t18-,19+,20?,23+/m0/s1. The van der Waals surface area contributed by atoms with Gasteiger partial charge in [0.15, 0.2) is 12.2 Å². The van der Waals surface area contributed by atoms with Crippen LogP contribution >= 0.6 is 0 Å². The molecular weight excluding hydrogens is 378 g/mol. The number of nitrogens with two attached hydrogens (primary N) is 1. The maximum absolute atomic E-state index is 12.1. The van der Waals surface area contributed by atoms with Crippen LogP contribution in [0.1, 0.15) is 90.4 Å². The van der Waals surface area contributed by atoms with Crippen molar-refractivity contribution in [2.45, 2.75) is 108 Å². The minimum Gasteiger partial charge on any atom is -0.371 e. The number of urea groups is 1. The van der Waals surface area contributed by atoms with Crippen molar-refractivity contribution in [3.05, 3.63) is 0 Å². The van der Waals surface area contributed by atoms with E-state index in [4.69, 9.17) is 10.7 Å². The fraction of sp³-hybridized carbons (Fsp3) is 0.913. The van der Waals surface area contributed by atoms with Crippen LogP contribution in [0, 0.1) is 11.8 Å². The number of carbonyl (C=O) groups is 1. The van der Waals surface area contributed by atoms with Gasteiger partial charge in [0.05, 0.1) is 0 Å². The molecule has 2 aliphatic carbocycles. The summed E-state index contributed by atoms with van der Waals surface area (Å²) in [6, 6.07) is 0.144. The highest BCUT2D eigenvalue weighted by atomic mass is 16.3. The van der Waals surface area contributed by atoms with Crippen LogP contribution in [0.25, 0.3) is 0 Å². The zero-order valence-corrected chi connectivity index (χ0v) is 19.0. The predicted octanol–water partition coefficient (Wildman–Crippen LogP) is 3.32. The summed E-state index contributed by atoms with van der Waals surface area (Å²) in [5, 5.41) is 17.2. The maximum Gasteiger partial charge on any atom is 0.315 e. The highest BCUT2D eigenvalue weighted by molar-refractivity contribution is 5.80. The molecule has 5 N–H and O–H groups in total. The molecule has 7 nitrogen and oxygen atoms in total. The summed E-state index contributed by atoms with van der Waals surface area (Å²) in [5.41, 5.74) is 5.64. The number of carbonyl (C=O) groups excluding carboxylic acids is 1. The van der Waals surface area contributed by atoms with E-state index in [0.29, 0.717) is 18.4 Å². The quantitative estimate of drug-likeness (QED) is 0.483. The first-order valence-corrected chi connectivity index (χ1v) is 12.2. The Bertz CT molecular complexity index is 592. The first kappa shape index (κ1) is 23.2. The molecule has 0 aromatic carbocycles. The summed E-state index contributed by atoms with van der Waals surface area (Å²) in [7, 11) is 1.84. The molecule has 2 saturated carbocycles. The van der Waals surface area contributed by atoms with Crippen molar-refractivity contribution in [2.24, 2.45) is 22.6 Å². The van der Waals surface area contributed by atoms with Gasteiger partial charge in [0.1, 0.15) is 5.54 Å². The summed E-state index contributed by atoms with van der Waals surface area (Å²) >= 11 is 0. The van der Waals surface area contributed by atoms with Crippen molar-refractivity contribution in [1.82, 2.24) is 15.5 Å². The molecule has 0 aromatic heterocycles. The number of likely N-dealkylation sites (N-methyl/N-ethyl adjacent to an activating group) is 1. The second-order valence-electron chi connectivity index (χ2n) is 9.93. The molecule has 0 saturated heterocycles. The van der Waals surface area contributed by atoms with Gasteiger partial charge in [-0.15, -0.1) is 0 Å². The number of aliphatic hydroxyl groups is 1. The third-order valence-electron chi connectivity index (χ3n) is 7.55. The number of nitrogens with one attached hydrogen (secondary N) is 2. The lowest BCUT2D eigenvalue weighted by molar-refractivity contribution is -0.00410. The SMILES string of the molecule is CCCNC(=O)N[C@@H]1CCC[C@H](C[C@@]2(CCC3CCCCC3)N=C(N)N(C)C2O)C1. The Hall–Kier alpha value is -1.50. The van der Waals surface area contributed by atoms with Crippen molar-refractivity contribution in [3.8, 4) is 0 Å². The van der Waals surface area contributed by atoms with E-state index in [1.54, 1.807) is 4.90 Å². The Kier molecular flexibility index (Phi) is 8.26. The number of guanidine groups is 1. The molecule has 3 aliphatic rings. The minimum absolute atomic E-state index is 0.0580. The van der Waals surface area contributed by atoms with Crippen LogP contribution in [0.2, 0.25) is 0 Å². The van der Waals surface area contributed by atoms with Crippen LogP contribution in [-0.4, -0.2) is 53.4 Å². The van der Waals surface area contributed by atoms with E-state index in [1.165, 1.54) is 32.1 Å². The van der Waals surface area contributed by atoms with Crippen molar-refractivity contribution in [1.29, 1.82) is 0 Å². The van der Waals surface area contributed by atoms with Crippen molar-refractivity contribution in [3.63, 3.8) is 0 Å². The summed E-state index contributed by atoms with van der Waals surface area (Å²) in [6.45, 7) is 2.76. The third-order valence-corrected chi connectivity index (χ3v) is 7.55. The molecule has 1 unspecified atom stereocenters. The number of aliphatic hydroxyl groups excluding tert-OH is 1. The Morgan fingerprint density at radius 1 is 1.20 bits per heavy atom. The summed E-state index contributed by atoms with van der Waals surface area (Å²) in [6.07, 6.45) is 14.0. The maximum atomic E-state index is 12.1. The molecule has 0 radical (unpaired) electrons. The van der Waals surface area contributed by atoms with Crippen LogP contribution in [0.3, 0.4) is 0 Å². The molecule has 0 spiro atoms. The summed E-state index contributed by atoms with van der Waals surface area (Å²) in [4.78, 5) is 18.7. The molecule has 2 amide bonds. The van der Waals surface area contributed by atoms with Crippen molar-refractivity contribution >= 4 is 12.0 Å². The number of amides is 2. The molecule has 0 aromatic rings. The molecule has 3 rings (SSSR count). The highest BCUT2D eigenvalue weighted by Gasteiger charge is 2.47. The van der Waals surface area contributed by atoms with Crippen LogP contribution in [0.4, 0.5) is 4.79 Å². The van der Waals surface area contributed by atoms with E-state index in [1.807, 2.05) is 7.05 Å². The van der Waals surface area contributed by atoms with Crippen LogP contribution < -0.4 is 16.4 Å². The zero-order chi connectivity index (χ0) is 21.6. The topological polar surface area (TPSA) is 103 Å². The van der Waals surface area contributed by atoms with E-state index in [0.717, 1.165) is 57.3 Å². The van der Waals surface area contributed by atoms with Gasteiger partial charge in [0, 0.05) is 19.6 Å². The van der Waals surface area contributed by atoms with Gasteiger partial charge in [-0.05, 0) is 50.4 Å². The molecule has 1 aliphatic heterocycles. The molecule has 7 heteroatoms. The number of aliphatic imine (C=N–C) groups is 1. The molecule has 1 heterocycles. The molecule has 30 heavy (non-hydrogen) atoms. The fourth-order valence-corrected chi connectivity index (χ4v) is 5.80. The monoisotopic (exact) mass is 421 g/mol. The molecular formula is C23H43N5O2. The smallest absolute Gasteiger partial charge is 0.315 e. The Morgan fingerprint density at radius 2 is 1.93 bits per heavy atom. The number of hydrogen-bond acceptors (Lipinski definition) is 5. The van der Waals surface area contributed by atoms with Gasteiger partial charge in [0.2, 0.25) is 0 Å². The molecule has 2 fully saturated rings. The Morgan fingerprint density at radius 3 is 2.60 bits per heavy atom. The lowest BCUT2D eigenvalue weighted by atomic mass is 9.74. The van der Waals surface area contributed by atoms with Gasteiger partial charge in [-0.3, -0.25) is 0 Å². The van der Waals surface area contributed by atoms with Gasteiger partial charge in [-0.1, -0.05) is 51.9 Å². The first-order chi connectivity index (χ1) is 14.4. The zero-order valence-electron chi connectivity index (χ0n) is 19.0. The van der Waals surface area contributed by atoms with E-state index in [9.17, 15) is 9.90 Å². The molecule has 4 atom stereocenters. The second kappa shape index (κ2) is 10.7. The van der Waals surface area contributed by atoms with Crippen LogP contribution in [0.15, 0.2) is 4.99 Å². The van der Waals surface area contributed by atoms with Crippen molar-refractivity contribution < 1.29 is 9.90 Å². The molecule has 172 valence electrons. The average molecular weight is 422 g/mol. The highest BCUT2D eigenvalue weighted by Crippen LogP contribution is 2.42. The second-order valence-corrected chi connectivity index (χ2v) is 9.93. The van der Waals surface area contributed by atoms with E-state index >= 15 is 0 Å². The average Bonchev–Trinajstić information content (AvgIpc) is 2.95. The fourth-order valence-electron chi connectivity index (χ4n) is 5.80. The van der Waals surface area contributed by atoms with Gasteiger partial charge in [-0.25, -0.2) is 9.79 Å². The first-order valence-electron chi connectivity index (χ1n) is 12.2. The van der Waals surface area contributed by atoms with Gasteiger partial charge >= 0.3 is 6.03 Å². The van der Waals surface area contributed by atoms with E-state index in [-0.39, 0.29) is 12.1 Å². The van der Waals surface area contributed by atoms with E-state index in [2.05, 4.69) is 17.6 Å². The number of nitrogens with zero attached hydrogens (tertiary/aromatic N) is 2. The number of rotatable bonds is 8. The lowest BCUT2D eigenvalue weighted by Gasteiger charge is -2.39. The lowest BCUT2D eigenvalue weighted by Crippen LogP contribution is -2.49. The predicted molar refractivity (Wildman–Crippen MR) is 121 cm³/mol. The van der Waals surface area contributed by atoms with Crippen LogP contribution in [0.5, 0.6) is 0 Å². The number of hydrogen-bond donors (Lipinski definition) is 4. The van der Waals surface area contributed by atoms with Gasteiger partial charge < -0.3 is 26.4 Å². The van der Waals surface area contributed by atoms with Crippen LogP contribution in [-0.2, 0) is 0 Å².